The minimum atomic E-state index is -1.02. The highest BCUT2D eigenvalue weighted by Crippen LogP contribution is 2.28. The predicted octanol–water partition coefficient (Wildman–Crippen LogP) is 2.78. The Hall–Kier alpha value is -4.95. The van der Waals surface area contributed by atoms with E-state index in [1.54, 1.807) is 6.20 Å². The number of carbonyl (C=O) groups excluding carboxylic acids is 1. The summed E-state index contributed by atoms with van der Waals surface area (Å²) in [5, 5.41) is 6.96. The fraction of sp³-hybridized carbons (Fsp3) is 0.207. The van der Waals surface area contributed by atoms with Crippen molar-refractivity contribution in [2.75, 3.05) is 19.6 Å². The van der Waals surface area contributed by atoms with Gasteiger partial charge in [-0.1, -0.05) is 17.9 Å². The zero-order chi connectivity index (χ0) is 27.6. The number of halogens is 2. The van der Waals surface area contributed by atoms with Crippen LogP contribution in [-0.2, 0) is 6.54 Å². The molecule has 1 atom stereocenters. The molecule has 2 aromatic carbocycles. The summed E-state index contributed by atoms with van der Waals surface area (Å²) in [5.41, 5.74) is 3.01. The smallest absolute Gasteiger partial charge is 0.266 e. The van der Waals surface area contributed by atoms with Crippen molar-refractivity contribution < 1.29 is 13.6 Å². The summed E-state index contributed by atoms with van der Waals surface area (Å²) in [5.74, 6) is 3.35. The number of aromatic nitrogens is 5. The number of benzene rings is 2. The molecule has 1 aliphatic heterocycles. The first-order valence-corrected chi connectivity index (χ1v) is 12.7. The second-order valence-corrected chi connectivity index (χ2v) is 9.50. The number of hydrogen-bond donors (Lipinski definition) is 2. The Morgan fingerprint density at radius 1 is 1.07 bits per heavy atom. The van der Waals surface area contributed by atoms with Crippen molar-refractivity contribution in [1.82, 2.24) is 34.7 Å². The number of rotatable bonds is 5. The molecule has 1 aliphatic rings. The molecule has 1 saturated heterocycles. The maximum atomic E-state index is 13.5. The molecule has 5 aromatic rings. The molecule has 3 aromatic heterocycles. The van der Waals surface area contributed by atoms with Gasteiger partial charge in [0, 0.05) is 29.7 Å². The van der Waals surface area contributed by atoms with Crippen LogP contribution in [0.2, 0.25) is 0 Å². The third-order valence-electron chi connectivity index (χ3n) is 6.88. The largest absolute Gasteiger partial charge is 0.341 e. The van der Waals surface area contributed by atoms with Crippen molar-refractivity contribution >= 4 is 27.8 Å². The van der Waals surface area contributed by atoms with Crippen LogP contribution in [0.25, 0.3) is 21.9 Å². The van der Waals surface area contributed by atoms with Gasteiger partial charge in [0.25, 0.3) is 11.5 Å². The van der Waals surface area contributed by atoms with Crippen LogP contribution in [0, 0.1) is 23.5 Å². The normalized spacial score (nSPS) is 14.8. The molecule has 0 unspecified atom stereocenters. The number of nitrogens with zero attached hydrogens (tertiary/aromatic N) is 5. The van der Waals surface area contributed by atoms with E-state index in [0.717, 1.165) is 69.9 Å². The van der Waals surface area contributed by atoms with Gasteiger partial charge in [0.05, 0.1) is 43.0 Å². The van der Waals surface area contributed by atoms with E-state index >= 15 is 0 Å². The Morgan fingerprint density at radius 2 is 1.98 bits per heavy atom. The fourth-order valence-corrected chi connectivity index (χ4v) is 4.87. The van der Waals surface area contributed by atoms with E-state index in [-0.39, 0.29) is 18.7 Å². The summed E-state index contributed by atoms with van der Waals surface area (Å²) in [6.45, 7) is 1.80. The molecule has 11 heteroatoms. The van der Waals surface area contributed by atoms with Crippen molar-refractivity contribution in [3.05, 3.63) is 100 Å². The Balaban J connectivity index is 1.18. The minimum Gasteiger partial charge on any atom is -0.341 e. The molecule has 1 fully saturated rings. The van der Waals surface area contributed by atoms with Gasteiger partial charge < -0.3 is 15.2 Å². The Kier molecular flexibility index (Phi) is 6.76. The summed E-state index contributed by atoms with van der Waals surface area (Å²) in [7, 11) is 0. The molecular weight excluding hydrogens is 516 g/mol. The molecule has 4 heterocycles. The molecule has 0 aliphatic carbocycles. The lowest BCUT2D eigenvalue weighted by atomic mass is 10.1. The van der Waals surface area contributed by atoms with Crippen LogP contribution < -0.4 is 16.2 Å². The number of nitrogens with one attached hydrogen (secondary N) is 2. The summed E-state index contributed by atoms with van der Waals surface area (Å²) < 4.78 is 30.1. The van der Waals surface area contributed by atoms with E-state index in [1.165, 1.54) is 12.4 Å². The van der Waals surface area contributed by atoms with Gasteiger partial charge in [-0.3, -0.25) is 19.1 Å². The molecule has 0 radical (unpaired) electrons. The van der Waals surface area contributed by atoms with E-state index in [2.05, 4.69) is 42.0 Å². The van der Waals surface area contributed by atoms with Crippen LogP contribution in [0.1, 0.15) is 33.9 Å². The van der Waals surface area contributed by atoms with Gasteiger partial charge >= 0.3 is 0 Å². The van der Waals surface area contributed by atoms with Gasteiger partial charge in [-0.15, -0.1) is 0 Å². The zero-order valence-corrected chi connectivity index (χ0v) is 21.2. The predicted molar refractivity (Wildman–Crippen MR) is 145 cm³/mol. The van der Waals surface area contributed by atoms with Crippen LogP contribution in [0.4, 0.5) is 8.78 Å². The van der Waals surface area contributed by atoms with Crippen molar-refractivity contribution in [3.63, 3.8) is 0 Å². The molecule has 1 amide bonds. The maximum absolute atomic E-state index is 13.5. The van der Waals surface area contributed by atoms with Crippen LogP contribution in [0.3, 0.4) is 0 Å². The molecule has 200 valence electrons. The van der Waals surface area contributed by atoms with Crippen molar-refractivity contribution in [1.29, 1.82) is 0 Å². The van der Waals surface area contributed by atoms with Crippen LogP contribution in [0.15, 0.2) is 66.2 Å². The second-order valence-electron chi connectivity index (χ2n) is 9.50. The van der Waals surface area contributed by atoms with Gasteiger partial charge in [-0.05, 0) is 48.9 Å². The first kappa shape index (κ1) is 25.3. The summed E-state index contributed by atoms with van der Waals surface area (Å²) >= 11 is 0. The number of imidazole rings is 1. The lowest BCUT2D eigenvalue weighted by Crippen LogP contribution is -2.33. The number of carbonyl (C=O) groups is 1. The number of amides is 1. The molecule has 0 bridgehead atoms. The number of hydrogen-bond acceptors (Lipinski definition) is 6. The van der Waals surface area contributed by atoms with Gasteiger partial charge in [0.1, 0.15) is 11.1 Å². The monoisotopic (exact) mass is 539 g/mol. The minimum absolute atomic E-state index is 0.00248. The molecule has 0 saturated carbocycles. The van der Waals surface area contributed by atoms with Crippen molar-refractivity contribution in [2.45, 2.75) is 19.0 Å². The summed E-state index contributed by atoms with van der Waals surface area (Å²) in [6, 6.07) is 9.42. The van der Waals surface area contributed by atoms with Crippen LogP contribution in [0.5, 0.6) is 0 Å². The molecular formula is C29H23F2N7O2. The van der Waals surface area contributed by atoms with E-state index < -0.39 is 23.1 Å². The van der Waals surface area contributed by atoms with Crippen molar-refractivity contribution in [3.8, 4) is 11.8 Å². The van der Waals surface area contributed by atoms with E-state index in [9.17, 15) is 18.4 Å². The molecule has 9 nitrogen and oxygen atoms in total. The molecule has 0 spiro atoms. The third-order valence-corrected chi connectivity index (χ3v) is 6.88. The zero-order valence-electron chi connectivity index (χ0n) is 21.2. The van der Waals surface area contributed by atoms with Crippen LogP contribution in [-0.4, -0.2) is 49.6 Å². The van der Waals surface area contributed by atoms with Crippen molar-refractivity contribution in [2.24, 2.45) is 0 Å². The summed E-state index contributed by atoms with van der Waals surface area (Å²) in [6.07, 6.45) is 7.07. The summed E-state index contributed by atoms with van der Waals surface area (Å²) in [4.78, 5) is 38.5. The maximum Gasteiger partial charge on any atom is 0.266 e. The first-order chi connectivity index (χ1) is 19.5. The topological polar surface area (TPSA) is 107 Å². The Labute approximate surface area is 226 Å². The van der Waals surface area contributed by atoms with E-state index in [1.807, 2.05) is 24.5 Å². The first-order valence-electron chi connectivity index (χ1n) is 12.7. The van der Waals surface area contributed by atoms with Gasteiger partial charge in [-0.25, -0.2) is 18.7 Å². The highest BCUT2D eigenvalue weighted by molar-refractivity contribution is 6.02. The number of fused-ring (bicyclic) bond motifs is 3. The highest BCUT2D eigenvalue weighted by Gasteiger charge is 2.20. The molecule has 6 rings (SSSR count). The van der Waals surface area contributed by atoms with E-state index in [4.69, 9.17) is 0 Å². The average Bonchev–Trinajstić information content (AvgIpc) is 3.64. The standard InChI is InChI=1S/C29H23F2N7O2/c30-23-5-3-19(11-24(23)31)15-37-16-33-13-22(29(37)40)28(39)34-8-1-2-18-4-6-25-21(10-18)27-26(14-35-25)36-17-38(27)20-7-9-32-12-20/h3-6,10-11,13-14,16-17,20,32H,7-9,12,15H2,(H,34,39)/t20-/m0/s1. The Morgan fingerprint density at radius 3 is 2.80 bits per heavy atom. The fourth-order valence-electron chi connectivity index (χ4n) is 4.87. The third kappa shape index (κ3) is 4.92. The quantitative estimate of drug-likeness (QED) is 0.333. The number of pyridine rings is 1. The van der Waals surface area contributed by atoms with Crippen LogP contribution >= 0.6 is 0 Å². The SMILES string of the molecule is O=C(NCC#Cc1ccc2ncc3ncn([C@H]4CCNC4)c3c2c1)c1cncn(Cc2ccc(F)c(F)c2)c1=O. The highest BCUT2D eigenvalue weighted by atomic mass is 19.2. The van der Waals surface area contributed by atoms with Gasteiger partial charge in [-0.2, -0.15) is 0 Å². The lowest BCUT2D eigenvalue weighted by molar-refractivity contribution is 0.0956. The Bertz CT molecular complexity index is 1880. The average molecular weight is 540 g/mol. The second kappa shape index (κ2) is 10.7. The van der Waals surface area contributed by atoms with E-state index in [0.29, 0.717) is 11.6 Å². The molecule has 40 heavy (non-hydrogen) atoms. The van der Waals surface area contributed by atoms with Gasteiger partial charge in [0.15, 0.2) is 11.6 Å². The van der Waals surface area contributed by atoms with Gasteiger partial charge in [0.2, 0.25) is 0 Å². The lowest BCUT2D eigenvalue weighted by Gasteiger charge is -2.13. The molecule has 2 N–H and O–H groups in total.